The van der Waals surface area contributed by atoms with Crippen molar-refractivity contribution in [1.29, 1.82) is 5.26 Å². The van der Waals surface area contributed by atoms with Gasteiger partial charge in [-0.25, -0.2) is 0 Å². The van der Waals surface area contributed by atoms with E-state index in [0.717, 1.165) is 31.5 Å². The van der Waals surface area contributed by atoms with Crippen LogP contribution in [0.5, 0.6) is 0 Å². The maximum absolute atomic E-state index is 9.44. The van der Waals surface area contributed by atoms with Crippen LogP contribution >= 0.6 is 0 Å². The second-order valence-electron chi connectivity index (χ2n) is 4.77. The van der Waals surface area contributed by atoms with Crippen molar-refractivity contribution in [3.05, 3.63) is 17.5 Å². The summed E-state index contributed by atoms with van der Waals surface area (Å²) in [5.74, 6) is 0. The van der Waals surface area contributed by atoms with Gasteiger partial charge in [0.25, 0.3) is 0 Å². The van der Waals surface area contributed by atoms with Crippen molar-refractivity contribution in [2.24, 2.45) is 5.41 Å². The Morgan fingerprint density at radius 3 is 2.82 bits per heavy atom. The Labute approximate surface area is 102 Å². The molecule has 92 valence electrons. The third-order valence-corrected chi connectivity index (χ3v) is 3.49. The van der Waals surface area contributed by atoms with Crippen LogP contribution < -0.4 is 0 Å². The van der Waals surface area contributed by atoms with E-state index >= 15 is 0 Å². The summed E-state index contributed by atoms with van der Waals surface area (Å²) in [5, 5.41) is 13.9. The van der Waals surface area contributed by atoms with Crippen molar-refractivity contribution in [3.63, 3.8) is 0 Å². The fourth-order valence-electron chi connectivity index (χ4n) is 2.45. The molecule has 17 heavy (non-hydrogen) atoms. The van der Waals surface area contributed by atoms with E-state index in [1.165, 1.54) is 5.69 Å². The summed E-state index contributed by atoms with van der Waals surface area (Å²) in [5.41, 5.74) is 1.95. The minimum atomic E-state index is -0.252. The number of aromatic nitrogens is 2. The molecule has 2 rings (SSSR count). The Kier molecular flexibility index (Phi) is 3.49. The van der Waals surface area contributed by atoms with E-state index in [1.807, 2.05) is 11.6 Å². The predicted octanol–water partition coefficient (Wildman–Crippen LogP) is 2.07. The van der Waals surface area contributed by atoms with Gasteiger partial charge in [0.15, 0.2) is 0 Å². The molecule has 0 N–H and O–H groups in total. The Morgan fingerprint density at radius 2 is 2.24 bits per heavy atom. The van der Waals surface area contributed by atoms with Gasteiger partial charge in [0.05, 0.1) is 17.2 Å². The van der Waals surface area contributed by atoms with Crippen molar-refractivity contribution in [1.82, 2.24) is 9.78 Å². The highest BCUT2D eigenvalue weighted by Gasteiger charge is 2.33. The van der Waals surface area contributed by atoms with Gasteiger partial charge in [-0.3, -0.25) is 4.68 Å². The molecule has 1 aromatic heterocycles. The maximum Gasteiger partial charge on any atom is 0.0695 e. The van der Waals surface area contributed by atoms with Crippen LogP contribution in [0.15, 0.2) is 6.07 Å². The first-order valence-corrected chi connectivity index (χ1v) is 6.21. The van der Waals surface area contributed by atoms with Crippen LogP contribution in [0.1, 0.15) is 31.2 Å². The first kappa shape index (κ1) is 12.1. The number of rotatable bonds is 3. The van der Waals surface area contributed by atoms with E-state index in [9.17, 15) is 5.26 Å². The lowest BCUT2D eigenvalue weighted by Crippen LogP contribution is -2.31. The number of hydrogen-bond acceptors (Lipinski definition) is 3. The average Bonchev–Trinajstić information content (AvgIpc) is 2.70. The molecule has 1 aliphatic heterocycles. The molecule has 1 saturated heterocycles. The van der Waals surface area contributed by atoms with Crippen molar-refractivity contribution < 1.29 is 4.74 Å². The zero-order valence-electron chi connectivity index (χ0n) is 10.6. The molecule has 1 aromatic rings. The molecule has 0 radical (unpaired) electrons. The molecule has 4 nitrogen and oxygen atoms in total. The number of ether oxygens (including phenoxy) is 1. The lowest BCUT2D eigenvalue weighted by atomic mass is 9.78. The Hall–Kier alpha value is -1.34. The van der Waals surface area contributed by atoms with Gasteiger partial charge in [-0.15, -0.1) is 0 Å². The smallest absolute Gasteiger partial charge is 0.0695 e. The minimum Gasteiger partial charge on any atom is -0.381 e. The predicted molar refractivity (Wildman–Crippen MR) is 64.4 cm³/mol. The average molecular weight is 233 g/mol. The van der Waals surface area contributed by atoms with E-state index in [4.69, 9.17) is 4.74 Å². The van der Waals surface area contributed by atoms with E-state index < -0.39 is 0 Å². The zero-order valence-corrected chi connectivity index (χ0v) is 10.6. The molecule has 0 aromatic carbocycles. The first-order chi connectivity index (χ1) is 8.19. The van der Waals surface area contributed by atoms with Crippen LogP contribution in [-0.2, 0) is 17.7 Å². The highest BCUT2D eigenvalue weighted by Crippen LogP contribution is 2.33. The van der Waals surface area contributed by atoms with Gasteiger partial charge < -0.3 is 4.74 Å². The van der Waals surface area contributed by atoms with Crippen LogP contribution in [-0.4, -0.2) is 23.0 Å². The SMILES string of the molecule is CCn1nc(C)cc1CC1(C#N)CCOCC1. The number of hydrogen-bond donors (Lipinski definition) is 0. The second kappa shape index (κ2) is 4.89. The number of nitriles is 1. The molecule has 0 spiro atoms. The fourth-order valence-corrected chi connectivity index (χ4v) is 2.45. The minimum absolute atomic E-state index is 0.252. The molecule has 0 atom stereocenters. The summed E-state index contributed by atoms with van der Waals surface area (Å²) in [7, 11) is 0. The van der Waals surface area contributed by atoms with Gasteiger partial charge >= 0.3 is 0 Å². The van der Waals surface area contributed by atoms with Gasteiger partial charge in [-0.05, 0) is 32.8 Å². The standard InChI is InChI=1S/C13H19N3O/c1-3-16-12(8-11(2)15-16)9-13(10-14)4-6-17-7-5-13/h8H,3-7,9H2,1-2H3. The molecule has 0 amide bonds. The molecule has 2 heterocycles. The molecule has 4 heteroatoms. The highest BCUT2D eigenvalue weighted by molar-refractivity contribution is 5.15. The van der Waals surface area contributed by atoms with Gasteiger partial charge in [0.2, 0.25) is 0 Å². The third-order valence-electron chi connectivity index (χ3n) is 3.49. The molecule has 1 fully saturated rings. The van der Waals surface area contributed by atoms with Crippen molar-refractivity contribution in [2.75, 3.05) is 13.2 Å². The zero-order chi connectivity index (χ0) is 12.3. The molecule has 1 aliphatic rings. The topological polar surface area (TPSA) is 50.8 Å². The first-order valence-electron chi connectivity index (χ1n) is 6.21. The van der Waals surface area contributed by atoms with Crippen LogP contribution in [0.25, 0.3) is 0 Å². The molecule has 0 bridgehead atoms. The molecule has 0 saturated carbocycles. The summed E-state index contributed by atoms with van der Waals surface area (Å²) in [4.78, 5) is 0. The van der Waals surface area contributed by atoms with E-state index in [-0.39, 0.29) is 5.41 Å². The lowest BCUT2D eigenvalue weighted by molar-refractivity contribution is 0.0398. The summed E-state index contributed by atoms with van der Waals surface area (Å²) in [6.07, 6.45) is 2.45. The van der Waals surface area contributed by atoms with Gasteiger partial charge in [-0.2, -0.15) is 10.4 Å². The quantitative estimate of drug-likeness (QED) is 0.803. The molecule has 0 aliphatic carbocycles. The van der Waals surface area contributed by atoms with E-state index in [1.54, 1.807) is 0 Å². The van der Waals surface area contributed by atoms with Gasteiger partial charge in [-0.1, -0.05) is 0 Å². The van der Waals surface area contributed by atoms with Crippen molar-refractivity contribution in [3.8, 4) is 6.07 Å². The third kappa shape index (κ3) is 2.50. The van der Waals surface area contributed by atoms with Gasteiger partial charge in [0.1, 0.15) is 0 Å². The lowest BCUT2D eigenvalue weighted by Gasteiger charge is -2.30. The van der Waals surface area contributed by atoms with Crippen LogP contribution in [0.2, 0.25) is 0 Å². The largest absolute Gasteiger partial charge is 0.381 e. The molecular weight excluding hydrogens is 214 g/mol. The van der Waals surface area contributed by atoms with Gasteiger partial charge in [0, 0.05) is 31.9 Å². The molecular formula is C13H19N3O. The van der Waals surface area contributed by atoms with Crippen molar-refractivity contribution in [2.45, 2.75) is 39.7 Å². The Bertz CT molecular complexity index is 424. The number of nitrogens with zero attached hydrogens (tertiary/aromatic N) is 3. The van der Waals surface area contributed by atoms with Crippen molar-refractivity contribution >= 4 is 0 Å². The summed E-state index contributed by atoms with van der Waals surface area (Å²) in [6.45, 7) is 6.35. The van der Waals surface area contributed by atoms with E-state index in [2.05, 4.69) is 24.2 Å². The number of aryl methyl sites for hydroxylation is 2. The normalized spacial score (nSPS) is 18.9. The second-order valence-corrected chi connectivity index (χ2v) is 4.77. The summed E-state index contributed by atoms with van der Waals surface area (Å²) in [6, 6.07) is 4.60. The fraction of sp³-hybridized carbons (Fsp3) is 0.692. The van der Waals surface area contributed by atoms with E-state index in [0.29, 0.717) is 13.2 Å². The Morgan fingerprint density at radius 1 is 1.53 bits per heavy atom. The van der Waals surface area contributed by atoms with Crippen LogP contribution in [0.4, 0.5) is 0 Å². The van der Waals surface area contributed by atoms with Crippen LogP contribution in [0.3, 0.4) is 0 Å². The molecule has 0 unspecified atom stereocenters. The summed E-state index contributed by atoms with van der Waals surface area (Å²) >= 11 is 0. The Balaban J connectivity index is 2.20. The summed E-state index contributed by atoms with van der Waals surface area (Å²) < 4.78 is 7.36. The maximum atomic E-state index is 9.44. The van der Waals surface area contributed by atoms with Crippen LogP contribution in [0, 0.1) is 23.7 Å². The highest BCUT2D eigenvalue weighted by atomic mass is 16.5. The monoisotopic (exact) mass is 233 g/mol.